The Morgan fingerprint density at radius 3 is 2.47 bits per heavy atom. The van der Waals surface area contributed by atoms with Crippen molar-refractivity contribution in [3.05, 3.63) is 47.5 Å². The van der Waals surface area contributed by atoms with Gasteiger partial charge in [-0.05, 0) is 44.5 Å². The zero-order valence-corrected chi connectivity index (χ0v) is 19.7. The topological polar surface area (TPSA) is 79.4 Å². The molecule has 4 aliphatic heterocycles. The molecule has 0 aliphatic carbocycles. The molecule has 3 amide bonds. The van der Waals surface area contributed by atoms with Crippen molar-refractivity contribution in [3.63, 3.8) is 0 Å². The van der Waals surface area contributed by atoms with Crippen molar-refractivity contribution in [2.75, 3.05) is 37.6 Å². The minimum absolute atomic E-state index is 0.122. The highest BCUT2D eigenvalue weighted by atomic mass is 16.5. The molecule has 4 unspecified atom stereocenters. The number of amides is 3. The smallest absolute Gasteiger partial charge is 0.252 e. The van der Waals surface area contributed by atoms with Crippen LogP contribution >= 0.6 is 0 Å². The van der Waals surface area contributed by atoms with E-state index in [-0.39, 0.29) is 23.8 Å². The number of hydrogen-bond donors (Lipinski definition) is 0. The van der Waals surface area contributed by atoms with Gasteiger partial charge in [-0.25, -0.2) is 4.90 Å². The zero-order valence-electron chi connectivity index (χ0n) is 19.7. The largest absolute Gasteiger partial charge is 0.493 e. The van der Waals surface area contributed by atoms with E-state index in [4.69, 9.17) is 9.47 Å². The fourth-order valence-electron chi connectivity index (χ4n) is 6.83. The standard InChI is InChI=1S/C26H27N3O5/c1-14-7-9-17-16(12-14)26(25(32)27(17)2)22-21(18-6-5-11-28(18)26)23(30)29(24(22)31)15-8-10-19(33-3)20(13-15)34-4/h7-10,12-13,18,21-22H,5-6,11H2,1-4H3. The van der Waals surface area contributed by atoms with Crippen molar-refractivity contribution in [2.45, 2.75) is 31.3 Å². The van der Waals surface area contributed by atoms with E-state index in [1.165, 1.54) is 19.1 Å². The second kappa shape index (κ2) is 7.06. The molecule has 0 bridgehead atoms. The number of rotatable bonds is 3. The summed E-state index contributed by atoms with van der Waals surface area (Å²) in [4.78, 5) is 47.1. The normalized spacial score (nSPS) is 29.8. The molecule has 34 heavy (non-hydrogen) atoms. The van der Waals surface area contributed by atoms with Crippen molar-refractivity contribution in [1.82, 2.24) is 4.90 Å². The summed E-state index contributed by atoms with van der Waals surface area (Å²) >= 11 is 0. The maximum absolute atomic E-state index is 14.1. The van der Waals surface area contributed by atoms with Crippen LogP contribution in [0.3, 0.4) is 0 Å². The lowest BCUT2D eigenvalue weighted by atomic mass is 9.75. The van der Waals surface area contributed by atoms with Crippen LogP contribution in [0.15, 0.2) is 36.4 Å². The van der Waals surface area contributed by atoms with E-state index in [1.807, 2.05) is 25.1 Å². The van der Waals surface area contributed by atoms with Gasteiger partial charge >= 0.3 is 0 Å². The molecule has 2 aromatic carbocycles. The quantitative estimate of drug-likeness (QED) is 0.654. The molecule has 3 fully saturated rings. The van der Waals surface area contributed by atoms with Crippen molar-refractivity contribution < 1.29 is 23.9 Å². The highest BCUT2D eigenvalue weighted by Gasteiger charge is 2.75. The summed E-state index contributed by atoms with van der Waals surface area (Å²) in [7, 11) is 4.81. The third kappa shape index (κ3) is 2.34. The number of hydrogen-bond acceptors (Lipinski definition) is 6. The number of aryl methyl sites for hydroxylation is 1. The Hall–Kier alpha value is -3.39. The lowest BCUT2D eigenvalue weighted by Gasteiger charge is -2.37. The Morgan fingerprint density at radius 2 is 1.74 bits per heavy atom. The van der Waals surface area contributed by atoms with E-state index in [2.05, 4.69) is 4.90 Å². The van der Waals surface area contributed by atoms with Crippen LogP contribution in [-0.2, 0) is 19.9 Å². The van der Waals surface area contributed by atoms with Gasteiger partial charge in [0.05, 0.1) is 31.7 Å². The van der Waals surface area contributed by atoms with E-state index < -0.39 is 17.4 Å². The van der Waals surface area contributed by atoms with Gasteiger partial charge in [0, 0.05) is 30.4 Å². The average molecular weight is 462 g/mol. The minimum Gasteiger partial charge on any atom is -0.493 e. The van der Waals surface area contributed by atoms with Crippen LogP contribution < -0.4 is 19.3 Å². The Kier molecular flexibility index (Phi) is 4.39. The molecule has 4 atom stereocenters. The van der Waals surface area contributed by atoms with Crippen molar-refractivity contribution in [1.29, 1.82) is 0 Å². The maximum Gasteiger partial charge on any atom is 0.252 e. The molecule has 8 heteroatoms. The molecule has 8 nitrogen and oxygen atoms in total. The molecule has 0 radical (unpaired) electrons. The number of anilines is 2. The molecule has 4 heterocycles. The summed E-state index contributed by atoms with van der Waals surface area (Å²) in [6, 6.07) is 10.8. The number of ether oxygens (including phenoxy) is 2. The molecule has 6 rings (SSSR count). The lowest BCUT2D eigenvalue weighted by Crippen LogP contribution is -2.55. The molecule has 0 saturated carbocycles. The summed E-state index contributed by atoms with van der Waals surface area (Å²) in [5.74, 6) is -1.07. The van der Waals surface area contributed by atoms with Gasteiger partial charge in [-0.15, -0.1) is 0 Å². The van der Waals surface area contributed by atoms with Gasteiger partial charge in [-0.1, -0.05) is 17.7 Å². The second-order valence-corrected chi connectivity index (χ2v) is 9.61. The van der Waals surface area contributed by atoms with Gasteiger partial charge in [0.2, 0.25) is 11.8 Å². The van der Waals surface area contributed by atoms with Crippen LogP contribution in [0.5, 0.6) is 11.5 Å². The molecule has 3 saturated heterocycles. The number of carbonyl (C=O) groups excluding carboxylic acids is 3. The first kappa shape index (κ1) is 21.2. The fraction of sp³-hybridized carbons (Fsp3) is 0.423. The van der Waals surface area contributed by atoms with E-state index in [0.717, 1.165) is 29.7 Å². The molecular weight excluding hydrogens is 434 g/mol. The first-order valence-corrected chi connectivity index (χ1v) is 11.6. The number of likely N-dealkylation sites (N-methyl/N-ethyl adjacent to an activating group) is 1. The number of carbonyl (C=O) groups is 3. The van der Waals surface area contributed by atoms with Gasteiger partial charge in [0.15, 0.2) is 11.5 Å². The summed E-state index contributed by atoms with van der Waals surface area (Å²) < 4.78 is 10.7. The Bertz CT molecular complexity index is 1260. The number of fused-ring (bicyclic) bond motifs is 7. The van der Waals surface area contributed by atoms with Gasteiger partial charge < -0.3 is 14.4 Å². The third-order valence-electron chi connectivity index (χ3n) is 8.15. The minimum atomic E-state index is -1.15. The average Bonchev–Trinajstić information content (AvgIpc) is 3.53. The van der Waals surface area contributed by atoms with Crippen molar-refractivity contribution in [2.24, 2.45) is 11.8 Å². The Morgan fingerprint density at radius 1 is 0.971 bits per heavy atom. The monoisotopic (exact) mass is 461 g/mol. The lowest BCUT2D eigenvalue weighted by molar-refractivity contribution is -0.136. The number of nitrogens with zero attached hydrogens (tertiary/aromatic N) is 3. The highest BCUT2D eigenvalue weighted by molar-refractivity contribution is 6.26. The molecule has 176 valence electrons. The SMILES string of the molecule is COc1ccc(N2C(=O)C3C4CCCN4C4(C(=O)N(C)c5ccc(C)cc54)C3C2=O)cc1OC. The van der Waals surface area contributed by atoms with E-state index >= 15 is 0 Å². The second-order valence-electron chi connectivity index (χ2n) is 9.61. The molecule has 2 aromatic rings. The summed E-state index contributed by atoms with van der Waals surface area (Å²) in [6.07, 6.45) is 1.69. The molecular formula is C26H27N3O5. The highest BCUT2D eigenvalue weighted by Crippen LogP contribution is 2.61. The summed E-state index contributed by atoms with van der Waals surface area (Å²) in [5.41, 5.74) is 1.96. The van der Waals surface area contributed by atoms with E-state index in [0.29, 0.717) is 23.7 Å². The summed E-state index contributed by atoms with van der Waals surface area (Å²) in [5, 5.41) is 0. The Labute approximate surface area is 198 Å². The van der Waals surface area contributed by atoms with Crippen LogP contribution in [0.1, 0.15) is 24.0 Å². The fourth-order valence-corrected chi connectivity index (χ4v) is 6.83. The van der Waals surface area contributed by atoms with E-state index in [1.54, 1.807) is 30.1 Å². The zero-order chi connectivity index (χ0) is 23.9. The van der Waals surface area contributed by atoms with Crippen LogP contribution in [0.25, 0.3) is 0 Å². The van der Waals surface area contributed by atoms with Crippen LogP contribution in [0, 0.1) is 18.8 Å². The first-order valence-electron chi connectivity index (χ1n) is 11.6. The predicted octanol–water partition coefficient (Wildman–Crippen LogP) is 2.47. The van der Waals surface area contributed by atoms with Gasteiger partial charge in [0.25, 0.3) is 5.91 Å². The third-order valence-corrected chi connectivity index (χ3v) is 8.15. The molecule has 0 N–H and O–H groups in total. The first-order chi connectivity index (χ1) is 16.4. The molecule has 0 aromatic heterocycles. The Balaban J connectivity index is 1.54. The molecule has 4 aliphatic rings. The number of benzene rings is 2. The van der Waals surface area contributed by atoms with Gasteiger partial charge in [-0.3, -0.25) is 19.3 Å². The van der Waals surface area contributed by atoms with E-state index in [9.17, 15) is 14.4 Å². The van der Waals surface area contributed by atoms with Crippen LogP contribution in [0.2, 0.25) is 0 Å². The van der Waals surface area contributed by atoms with Gasteiger partial charge in [-0.2, -0.15) is 0 Å². The summed E-state index contributed by atoms with van der Waals surface area (Å²) in [6.45, 7) is 2.68. The predicted molar refractivity (Wildman–Crippen MR) is 125 cm³/mol. The number of methoxy groups -OCH3 is 2. The number of imide groups is 1. The maximum atomic E-state index is 14.1. The van der Waals surface area contributed by atoms with Crippen LogP contribution in [-0.4, -0.2) is 56.5 Å². The van der Waals surface area contributed by atoms with Gasteiger partial charge in [0.1, 0.15) is 5.54 Å². The van der Waals surface area contributed by atoms with Crippen molar-refractivity contribution >= 4 is 29.1 Å². The van der Waals surface area contributed by atoms with Crippen LogP contribution in [0.4, 0.5) is 11.4 Å². The van der Waals surface area contributed by atoms with Crippen molar-refractivity contribution in [3.8, 4) is 11.5 Å². The molecule has 1 spiro atoms.